The maximum atomic E-state index is 14.4. The lowest BCUT2D eigenvalue weighted by molar-refractivity contribution is -0.137. The topological polar surface area (TPSA) is 124 Å². The van der Waals surface area contributed by atoms with Crippen LogP contribution in [0.15, 0.2) is 103 Å². The van der Waals surface area contributed by atoms with Gasteiger partial charge in [0, 0.05) is 68.2 Å². The summed E-state index contributed by atoms with van der Waals surface area (Å²) < 4.78 is 6.08. The van der Waals surface area contributed by atoms with Crippen LogP contribution in [0, 0.1) is 11.3 Å². The van der Waals surface area contributed by atoms with E-state index in [0.29, 0.717) is 50.3 Å². The summed E-state index contributed by atoms with van der Waals surface area (Å²) in [5.74, 6) is -1.03. The van der Waals surface area contributed by atoms with E-state index >= 15 is 0 Å². The Morgan fingerprint density at radius 3 is 2.36 bits per heavy atom. The molecule has 6 rings (SSSR count). The van der Waals surface area contributed by atoms with Gasteiger partial charge in [-0.1, -0.05) is 93.6 Å². The van der Waals surface area contributed by atoms with Crippen LogP contribution in [0.2, 0.25) is 0 Å². The highest BCUT2D eigenvalue weighted by molar-refractivity contribution is 6.17. The minimum absolute atomic E-state index is 0.0894. The number of ether oxygens (including phenoxy) is 1. The van der Waals surface area contributed by atoms with Crippen molar-refractivity contribution >= 4 is 29.4 Å². The number of hydrogen-bond acceptors (Lipinski definition) is 8. The van der Waals surface area contributed by atoms with Crippen LogP contribution in [-0.4, -0.2) is 75.7 Å². The number of aliphatic hydroxyl groups excluding tert-OH is 1. The molecule has 1 aliphatic heterocycles. The summed E-state index contributed by atoms with van der Waals surface area (Å²) in [5, 5.41) is 17.0. The number of nitrogens with zero attached hydrogens (tertiary/aromatic N) is 3. The van der Waals surface area contributed by atoms with Crippen LogP contribution in [0.3, 0.4) is 0 Å². The number of pyridine rings is 1. The van der Waals surface area contributed by atoms with E-state index in [1.54, 1.807) is 30.5 Å². The maximum absolute atomic E-state index is 14.4. The molecule has 4 aromatic rings. The van der Waals surface area contributed by atoms with Gasteiger partial charge in [-0.05, 0) is 65.3 Å². The maximum Gasteiger partial charge on any atom is 0.338 e. The van der Waals surface area contributed by atoms with Gasteiger partial charge in [0.25, 0.3) is 0 Å². The molecule has 1 aromatic heterocycles. The molecular formula is C44H52ClN5O5. The van der Waals surface area contributed by atoms with Gasteiger partial charge in [0.05, 0.1) is 17.7 Å². The first kappa shape index (κ1) is 40.1. The van der Waals surface area contributed by atoms with E-state index in [4.69, 9.17) is 16.3 Å². The second-order valence-corrected chi connectivity index (χ2v) is 16.1. The molecule has 2 heterocycles. The van der Waals surface area contributed by atoms with E-state index in [9.17, 15) is 19.5 Å². The zero-order valence-corrected chi connectivity index (χ0v) is 32.6. The molecule has 5 atom stereocenters. The smallest absolute Gasteiger partial charge is 0.338 e. The van der Waals surface area contributed by atoms with Crippen molar-refractivity contribution in [1.82, 2.24) is 25.6 Å². The van der Waals surface area contributed by atoms with Gasteiger partial charge in [-0.2, -0.15) is 0 Å². The SMILES string of the molecule is CC(C)(C)C(=O)NN1CCN(Cc2cccnc2)C[C@@H]1CC(O)CC(Cc1ccccc1)C(=O)N[C@H]1c2ccccc2C[C@@H]1OC(=O)c1ccc(CCl)cc1. The quantitative estimate of drug-likeness (QED) is 0.105. The highest BCUT2D eigenvalue weighted by atomic mass is 35.5. The summed E-state index contributed by atoms with van der Waals surface area (Å²) >= 11 is 5.95. The molecule has 3 aromatic carbocycles. The van der Waals surface area contributed by atoms with Crippen molar-refractivity contribution in [2.75, 3.05) is 19.6 Å². The Morgan fingerprint density at radius 1 is 0.927 bits per heavy atom. The number of hydrogen-bond donors (Lipinski definition) is 3. The Hall–Kier alpha value is -4.61. The highest BCUT2D eigenvalue weighted by Gasteiger charge is 2.39. The van der Waals surface area contributed by atoms with Crippen molar-refractivity contribution in [2.45, 2.75) is 83.2 Å². The van der Waals surface area contributed by atoms with Gasteiger partial charge < -0.3 is 15.2 Å². The normalized spacial score (nSPS) is 19.9. The molecule has 55 heavy (non-hydrogen) atoms. The standard InChI is InChI=1S/C44H52ClN5O5/c1-44(2,3)43(54)48-50-21-20-49(28-32-12-9-19-46-27-32)29-36(50)25-37(51)23-35(22-30-10-5-4-6-11-30)41(52)47-40-38-14-8-7-13-34(38)24-39(40)55-42(53)33-17-15-31(26-45)16-18-33/h4-19,27,35-37,39-40,51H,20-26,28-29H2,1-3H3,(H,47,52)(H,48,54)/t35?,36-,37?,39-,40-/m0/s1. The Labute approximate surface area is 329 Å². The van der Waals surface area contributed by atoms with Crippen molar-refractivity contribution < 1.29 is 24.2 Å². The predicted molar refractivity (Wildman–Crippen MR) is 213 cm³/mol. The second-order valence-electron chi connectivity index (χ2n) is 15.8. The lowest BCUT2D eigenvalue weighted by Gasteiger charge is -2.43. The van der Waals surface area contributed by atoms with Gasteiger partial charge >= 0.3 is 5.97 Å². The number of halogens is 1. The molecule has 0 radical (unpaired) electrons. The van der Waals surface area contributed by atoms with Crippen molar-refractivity contribution in [3.05, 3.63) is 137 Å². The van der Waals surface area contributed by atoms with Gasteiger partial charge in [0.2, 0.25) is 11.8 Å². The van der Waals surface area contributed by atoms with Crippen molar-refractivity contribution in [3.63, 3.8) is 0 Å². The average Bonchev–Trinajstić information content (AvgIpc) is 3.52. The first-order valence-electron chi connectivity index (χ1n) is 19.1. The highest BCUT2D eigenvalue weighted by Crippen LogP contribution is 2.35. The van der Waals surface area contributed by atoms with Gasteiger partial charge in [-0.15, -0.1) is 11.6 Å². The third-order valence-electron chi connectivity index (χ3n) is 10.5. The van der Waals surface area contributed by atoms with E-state index in [0.717, 1.165) is 34.4 Å². The van der Waals surface area contributed by atoms with E-state index in [1.807, 2.05) is 98.7 Å². The number of aromatic nitrogens is 1. The zero-order valence-electron chi connectivity index (χ0n) is 31.9. The lowest BCUT2D eigenvalue weighted by Crippen LogP contribution is -2.61. The zero-order chi connectivity index (χ0) is 39.0. The number of fused-ring (bicyclic) bond motifs is 1. The fraction of sp³-hybridized carbons (Fsp3) is 0.409. The molecule has 1 fully saturated rings. The van der Waals surface area contributed by atoms with Gasteiger partial charge in [-0.25, -0.2) is 9.80 Å². The van der Waals surface area contributed by atoms with Crippen LogP contribution in [0.5, 0.6) is 0 Å². The van der Waals surface area contributed by atoms with Crippen LogP contribution >= 0.6 is 11.6 Å². The molecule has 1 saturated heterocycles. The second kappa shape index (κ2) is 18.3. The number of aliphatic hydroxyl groups is 1. The van der Waals surface area contributed by atoms with E-state index in [-0.39, 0.29) is 24.3 Å². The van der Waals surface area contributed by atoms with Crippen molar-refractivity contribution in [3.8, 4) is 0 Å². The monoisotopic (exact) mass is 765 g/mol. The fourth-order valence-corrected chi connectivity index (χ4v) is 7.60. The van der Waals surface area contributed by atoms with Gasteiger partial charge in [0.15, 0.2) is 0 Å². The molecule has 290 valence electrons. The molecule has 2 aliphatic rings. The molecular weight excluding hydrogens is 714 g/mol. The van der Waals surface area contributed by atoms with Crippen LogP contribution in [0.4, 0.5) is 0 Å². The van der Waals surface area contributed by atoms with E-state index in [2.05, 4.69) is 20.6 Å². The average molecular weight is 766 g/mol. The number of amides is 2. The third-order valence-corrected chi connectivity index (χ3v) is 10.8. The van der Waals surface area contributed by atoms with Gasteiger partial charge in [-0.3, -0.25) is 24.9 Å². The van der Waals surface area contributed by atoms with Crippen molar-refractivity contribution in [1.29, 1.82) is 0 Å². The molecule has 11 heteroatoms. The van der Waals surface area contributed by atoms with Crippen LogP contribution in [-0.2, 0) is 39.6 Å². The van der Waals surface area contributed by atoms with Crippen LogP contribution in [0.25, 0.3) is 0 Å². The molecule has 10 nitrogen and oxygen atoms in total. The number of esters is 1. The number of nitrogens with one attached hydrogen (secondary N) is 2. The first-order valence-corrected chi connectivity index (χ1v) is 19.7. The number of piperazine rings is 1. The van der Waals surface area contributed by atoms with E-state index in [1.165, 1.54) is 0 Å². The summed E-state index contributed by atoms with van der Waals surface area (Å²) in [7, 11) is 0. The molecule has 1 aliphatic carbocycles. The largest absolute Gasteiger partial charge is 0.456 e. The van der Waals surface area contributed by atoms with E-state index < -0.39 is 35.6 Å². The third kappa shape index (κ3) is 10.8. The van der Waals surface area contributed by atoms with Crippen LogP contribution in [0.1, 0.15) is 77.8 Å². The predicted octanol–water partition coefficient (Wildman–Crippen LogP) is 6.02. The number of hydrazine groups is 1. The van der Waals surface area contributed by atoms with Crippen molar-refractivity contribution in [2.24, 2.45) is 11.3 Å². The lowest BCUT2D eigenvalue weighted by atomic mass is 9.89. The molecule has 3 N–H and O–H groups in total. The summed E-state index contributed by atoms with van der Waals surface area (Å²) in [6.45, 7) is 8.28. The Balaban J connectivity index is 1.19. The summed E-state index contributed by atoms with van der Waals surface area (Å²) in [6, 6.07) is 27.8. The number of benzene rings is 3. The number of alkyl halides is 1. The van der Waals surface area contributed by atoms with Gasteiger partial charge in [0.1, 0.15) is 6.10 Å². The molecule has 0 bridgehead atoms. The Bertz CT molecular complexity index is 1890. The number of carbonyl (C=O) groups is 3. The summed E-state index contributed by atoms with van der Waals surface area (Å²) in [4.78, 5) is 47.5. The van der Waals surface area contributed by atoms with Crippen LogP contribution < -0.4 is 10.7 Å². The summed E-state index contributed by atoms with van der Waals surface area (Å²) in [5.41, 5.74) is 7.84. The molecule has 2 unspecified atom stereocenters. The Morgan fingerprint density at radius 2 is 1.65 bits per heavy atom. The number of rotatable bonds is 14. The molecule has 2 amide bonds. The first-order chi connectivity index (χ1) is 26.5. The number of carbonyl (C=O) groups excluding carboxylic acids is 3. The summed E-state index contributed by atoms with van der Waals surface area (Å²) in [6.07, 6.45) is 3.58. The minimum Gasteiger partial charge on any atom is -0.456 e. The fourth-order valence-electron chi connectivity index (χ4n) is 7.43. The molecule has 0 spiro atoms. The Kier molecular flexibility index (Phi) is 13.4. The minimum atomic E-state index is -0.850. The molecule has 0 saturated carbocycles.